The second kappa shape index (κ2) is 7.17. The van der Waals surface area contributed by atoms with Crippen LogP contribution in [0.3, 0.4) is 0 Å². The van der Waals surface area contributed by atoms with Gasteiger partial charge in [0.05, 0.1) is 22.6 Å². The molecule has 1 aromatic carbocycles. The van der Waals surface area contributed by atoms with E-state index in [2.05, 4.69) is 9.88 Å². The van der Waals surface area contributed by atoms with Crippen molar-refractivity contribution >= 4 is 10.9 Å². The van der Waals surface area contributed by atoms with Crippen molar-refractivity contribution in [3.63, 3.8) is 0 Å². The van der Waals surface area contributed by atoms with E-state index in [-0.39, 0.29) is 17.6 Å². The Bertz CT molecular complexity index is 1050. The molecule has 5 rings (SSSR count). The second-order valence-corrected chi connectivity index (χ2v) is 8.09. The summed E-state index contributed by atoms with van der Waals surface area (Å²) in [5, 5.41) is 0.731. The molecule has 1 unspecified atom stereocenters. The first-order chi connectivity index (χ1) is 13.7. The minimum atomic E-state index is 0.122. The number of benzene rings is 1. The predicted molar refractivity (Wildman–Crippen MR) is 107 cm³/mol. The molecule has 28 heavy (non-hydrogen) atoms. The zero-order valence-corrected chi connectivity index (χ0v) is 16.3. The van der Waals surface area contributed by atoms with Crippen molar-refractivity contribution in [2.24, 2.45) is 0 Å². The van der Waals surface area contributed by atoms with Gasteiger partial charge in [0.25, 0.3) is 5.56 Å². The molecule has 2 fully saturated rings. The summed E-state index contributed by atoms with van der Waals surface area (Å²) in [5.41, 5.74) is 1.87. The van der Waals surface area contributed by atoms with Gasteiger partial charge in [0.15, 0.2) is 5.89 Å². The lowest BCUT2D eigenvalue weighted by Gasteiger charge is -2.28. The Hall–Kier alpha value is -2.47. The molecule has 0 spiro atoms. The lowest BCUT2D eigenvalue weighted by molar-refractivity contribution is 0.226. The van der Waals surface area contributed by atoms with Gasteiger partial charge in [0.2, 0.25) is 0 Å². The van der Waals surface area contributed by atoms with E-state index in [1.807, 2.05) is 35.8 Å². The van der Waals surface area contributed by atoms with Crippen LogP contribution >= 0.6 is 0 Å². The highest BCUT2D eigenvalue weighted by Gasteiger charge is 2.33. The summed E-state index contributed by atoms with van der Waals surface area (Å²) in [4.78, 5) is 25.3. The molecular formula is C22H26N4O2. The van der Waals surface area contributed by atoms with E-state index in [0.29, 0.717) is 5.89 Å². The van der Waals surface area contributed by atoms with Crippen LogP contribution in [-0.2, 0) is 6.54 Å². The third kappa shape index (κ3) is 3.05. The Labute approximate surface area is 164 Å². The molecular weight excluding hydrogens is 352 g/mol. The Kier molecular flexibility index (Phi) is 4.51. The quantitative estimate of drug-likeness (QED) is 0.682. The Morgan fingerprint density at radius 3 is 2.71 bits per heavy atom. The van der Waals surface area contributed by atoms with Crippen LogP contribution in [0.25, 0.3) is 10.9 Å². The molecule has 2 aliphatic rings. The molecule has 6 heteroatoms. The third-order valence-electron chi connectivity index (χ3n) is 6.22. The number of rotatable bonds is 4. The molecule has 1 aliphatic heterocycles. The summed E-state index contributed by atoms with van der Waals surface area (Å²) < 4.78 is 7.42. The van der Waals surface area contributed by atoms with Gasteiger partial charge in [-0.05, 0) is 44.4 Å². The molecule has 2 aromatic heterocycles. The molecule has 0 bridgehead atoms. The van der Waals surface area contributed by atoms with Crippen molar-refractivity contribution < 1.29 is 4.42 Å². The number of likely N-dealkylation sites (tertiary alicyclic amines) is 1. The first kappa shape index (κ1) is 17.6. The summed E-state index contributed by atoms with van der Waals surface area (Å²) >= 11 is 0. The van der Waals surface area contributed by atoms with E-state index >= 15 is 0 Å². The van der Waals surface area contributed by atoms with Crippen LogP contribution in [0.2, 0.25) is 0 Å². The van der Waals surface area contributed by atoms with Crippen molar-refractivity contribution in [3.8, 4) is 0 Å². The van der Waals surface area contributed by atoms with E-state index in [1.165, 1.54) is 12.8 Å². The highest BCUT2D eigenvalue weighted by molar-refractivity contribution is 5.77. The molecule has 3 aromatic rings. The number of nitrogens with zero attached hydrogens (tertiary/aromatic N) is 4. The van der Waals surface area contributed by atoms with Gasteiger partial charge in [-0.1, -0.05) is 25.0 Å². The average molecular weight is 378 g/mol. The SMILES string of the molecule is Cc1nc(CN2CCCC2c2nc3ccccc3c(=O)n2C2CCCC2)co1. The normalized spacial score (nSPS) is 21.1. The van der Waals surface area contributed by atoms with Crippen molar-refractivity contribution in [1.29, 1.82) is 0 Å². The average Bonchev–Trinajstić information content (AvgIpc) is 3.45. The first-order valence-corrected chi connectivity index (χ1v) is 10.4. The lowest BCUT2D eigenvalue weighted by Crippen LogP contribution is -2.33. The van der Waals surface area contributed by atoms with Crippen LogP contribution in [0.15, 0.2) is 39.7 Å². The van der Waals surface area contributed by atoms with Crippen LogP contribution in [0, 0.1) is 6.92 Å². The molecule has 1 saturated heterocycles. The molecule has 0 N–H and O–H groups in total. The third-order valence-corrected chi connectivity index (χ3v) is 6.22. The van der Waals surface area contributed by atoms with Gasteiger partial charge in [-0.2, -0.15) is 0 Å². The Balaban J connectivity index is 1.60. The van der Waals surface area contributed by atoms with Gasteiger partial charge in [-0.15, -0.1) is 0 Å². The molecule has 146 valence electrons. The fraction of sp³-hybridized carbons (Fsp3) is 0.500. The first-order valence-electron chi connectivity index (χ1n) is 10.4. The molecule has 3 heterocycles. The zero-order chi connectivity index (χ0) is 19.1. The second-order valence-electron chi connectivity index (χ2n) is 8.09. The summed E-state index contributed by atoms with van der Waals surface area (Å²) in [5.74, 6) is 1.63. The molecule has 6 nitrogen and oxygen atoms in total. The van der Waals surface area contributed by atoms with Gasteiger partial charge >= 0.3 is 0 Å². The van der Waals surface area contributed by atoms with Crippen LogP contribution in [0.5, 0.6) is 0 Å². The molecule has 1 atom stereocenters. The van der Waals surface area contributed by atoms with Gasteiger partial charge in [-0.25, -0.2) is 9.97 Å². The van der Waals surface area contributed by atoms with Crippen molar-refractivity contribution in [1.82, 2.24) is 19.4 Å². The number of aryl methyl sites for hydroxylation is 1. The maximum Gasteiger partial charge on any atom is 0.261 e. The van der Waals surface area contributed by atoms with Crippen LogP contribution in [0.4, 0.5) is 0 Å². The van der Waals surface area contributed by atoms with Crippen molar-refractivity contribution in [2.75, 3.05) is 6.54 Å². The number of aromatic nitrogens is 3. The van der Waals surface area contributed by atoms with E-state index in [4.69, 9.17) is 9.40 Å². The standard InChI is InChI=1S/C22H26N4O2/c1-15-23-16(14-28-15)13-25-12-6-11-20(25)21-24-19-10-5-4-9-18(19)22(27)26(21)17-7-2-3-8-17/h4-5,9-10,14,17,20H,2-3,6-8,11-13H2,1H3. The fourth-order valence-corrected chi connectivity index (χ4v) is 4.91. The van der Waals surface area contributed by atoms with Gasteiger partial charge in [0.1, 0.15) is 12.1 Å². The highest BCUT2D eigenvalue weighted by atomic mass is 16.3. The zero-order valence-electron chi connectivity index (χ0n) is 16.3. The predicted octanol–water partition coefficient (Wildman–Crippen LogP) is 4.15. The van der Waals surface area contributed by atoms with Crippen LogP contribution in [-0.4, -0.2) is 26.0 Å². The number of fused-ring (bicyclic) bond motifs is 1. The number of hydrogen-bond acceptors (Lipinski definition) is 5. The molecule has 0 radical (unpaired) electrons. The summed E-state index contributed by atoms with van der Waals surface area (Å²) in [6.07, 6.45) is 8.39. The van der Waals surface area contributed by atoms with E-state index in [0.717, 1.165) is 61.2 Å². The van der Waals surface area contributed by atoms with Gasteiger partial charge in [0, 0.05) is 19.5 Å². The lowest BCUT2D eigenvalue weighted by atomic mass is 10.1. The number of oxazole rings is 1. The van der Waals surface area contributed by atoms with E-state index < -0.39 is 0 Å². The summed E-state index contributed by atoms with van der Waals surface area (Å²) in [7, 11) is 0. The van der Waals surface area contributed by atoms with Crippen LogP contribution < -0.4 is 5.56 Å². The smallest absolute Gasteiger partial charge is 0.261 e. The maximum atomic E-state index is 13.4. The Morgan fingerprint density at radius 1 is 1.11 bits per heavy atom. The topological polar surface area (TPSA) is 64.2 Å². The molecule has 1 saturated carbocycles. The monoisotopic (exact) mass is 378 g/mol. The van der Waals surface area contributed by atoms with Gasteiger partial charge in [-0.3, -0.25) is 14.3 Å². The van der Waals surface area contributed by atoms with Crippen LogP contribution in [0.1, 0.15) is 68.0 Å². The molecule has 0 amide bonds. The summed E-state index contributed by atoms with van der Waals surface area (Å²) in [6.45, 7) is 3.59. The van der Waals surface area contributed by atoms with E-state index in [1.54, 1.807) is 6.26 Å². The van der Waals surface area contributed by atoms with Crippen molar-refractivity contribution in [2.45, 2.75) is 64.1 Å². The van der Waals surface area contributed by atoms with Gasteiger partial charge < -0.3 is 4.42 Å². The highest BCUT2D eigenvalue weighted by Crippen LogP contribution is 2.36. The summed E-state index contributed by atoms with van der Waals surface area (Å²) in [6, 6.07) is 8.18. The number of hydrogen-bond donors (Lipinski definition) is 0. The number of para-hydroxylation sites is 1. The largest absolute Gasteiger partial charge is 0.449 e. The Morgan fingerprint density at radius 2 is 1.93 bits per heavy atom. The van der Waals surface area contributed by atoms with E-state index in [9.17, 15) is 4.79 Å². The minimum absolute atomic E-state index is 0.122. The minimum Gasteiger partial charge on any atom is -0.449 e. The fourth-order valence-electron chi connectivity index (χ4n) is 4.91. The van der Waals surface area contributed by atoms with Crippen molar-refractivity contribution in [3.05, 3.63) is 58.3 Å². The molecule has 1 aliphatic carbocycles. The maximum absolute atomic E-state index is 13.4.